The number of aliphatic hydroxyl groups excluding tert-OH is 1. The highest BCUT2D eigenvalue weighted by Gasteiger charge is 2.17. The van der Waals surface area contributed by atoms with Gasteiger partial charge in [-0.05, 0) is 13.3 Å². The van der Waals surface area contributed by atoms with Crippen LogP contribution < -0.4 is 5.32 Å². The molecule has 2 unspecified atom stereocenters. The fraction of sp³-hybridized carbons (Fsp3) is 1.00. The van der Waals surface area contributed by atoms with Crippen LogP contribution in [0.2, 0.25) is 0 Å². The van der Waals surface area contributed by atoms with E-state index in [9.17, 15) is 0 Å². The molecule has 3 nitrogen and oxygen atoms in total. The highest BCUT2D eigenvalue weighted by atomic mass is 16.5. The summed E-state index contributed by atoms with van der Waals surface area (Å²) in [6.07, 6.45) is 1.26. The number of morpholine rings is 1. The fourth-order valence-electron chi connectivity index (χ4n) is 1.19. The van der Waals surface area contributed by atoms with E-state index in [1.807, 2.05) is 6.92 Å². The van der Waals surface area contributed by atoms with Gasteiger partial charge in [-0.2, -0.15) is 0 Å². The van der Waals surface area contributed by atoms with Gasteiger partial charge in [-0.25, -0.2) is 0 Å². The largest absolute Gasteiger partial charge is 0.396 e. The number of hydrogen-bond donors (Lipinski definition) is 2. The monoisotopic (exact) mass is 145 g/mol. The summed E-state index contributed by atoms with van der Waals surface area (Å²) in [5.74, 6) is 0. The number of aliphatic hydroxyl groups is 1. The van der Waals surface area contributed by atoms with Crippen LogP contribution in [0.25, 0.3) is 0 Å². The second-order valence-corrected chi connectivity index (χ2v) is 2.74. The molecule has 2 N–H and O–H groups in total. The van der Waals surface area contributed by atoms with Gasteiger partial charge in [-0.3, -0.25) is 0 Å². The molecular weight excluding hydrogens is 130 g/mol. The van der Waals surface area contributed by atoms with Gasteiger partial charge in [-0.15, -0.1) is 0 Å². The van der Waals surface area contributed by atoms with Crippen LogP contribution in [0.1, 0.15) is 13.3 Å². The lowest BCUT2D eigenvalue weighted by Gasteiger charge is -2.28. The Kier molecular flexibility index (Phi) is 3.12. The predicted octanol–water partition coefficient (Wildman–Crippen LogP) is -0.254. The summed E-state index contributed by atoms with van der Waals surface area (Å²) in [4.78, 5) is 0. The smallest absolute Gasteiger partial charge is 0.0725 e. The van der Waals surface area contributed by atoms with Crippen molar-refractivity contribution in [2.45, 2.75) is 25.6 Å². The van der Waals surface area contributed by atoms with E-state index in [0.717, 1.165) is 19.5 Å². The molecule has 0 aromatic rings. The third-order valence-electron chi connectivity index (χ3n) is 1.68. The van der Waals surface area contributed by atoms with Crippen LogP contribution in [0.3, 0.4) is 0 Å². The van der Waals surface area contributed by atoms with Crippen molar-refractivity contribution < 1.29 is 9.84 Å². The predicted molar refractivity (Wildman–Crippen MR) is 38.9 cm³/mol. The summed E-state index contributed by atoms with van der Waals surface area (Å²) in [5, 5.41) is 11.8. The topological polar surface area (TPSA) is 41.5 Å². The SMILES string of the molecule is CC1CNCC(CCO)O1. The molecule has 0 aromatic heterocycles. The summed E-state index contributed by atoms with van der Waals surface area (Å²) < 4.78 is 5.50. The fourth-order valence-corrected chi connectivity index (χ4v) is 1.19. The van der Waals surface area contributed by atoms with Crippen molar-refractivity contribution in [1.82, 2.24) is 5.32 Å². The van der Waals surface area contributed by atoms with E-state index < -0.39 is 0 Å². The Labute approximate surface area is 61.4 Å². The normalized spacial score (nSPS) is 34.2. The van der Waals surface area contributed by atoms with Crippen LogP contribution in [0.5, 0.6) is 0 Å². The molecule has 0 saturated carbocycles. The molecule has 0 amide bonds. The van der Waals surface area contributed by atoms with Crippen molar-refractivity contribution in [3.63, 3.8) is 0 Å². The first-order valence-corrected chi connectivity index (χ1v) is 3.80. The van der Waals surface area contributed by atoms with E-state index in [0.29, 0.717) is 6.10 Å². The Morgan fingerprint density at radius 2 is 2.40 bits per heavy atom. The third-order valence-corrected chi connectivity index (χ3v) is 1.68. The van der Waals surface area contributed by atoms with E-state index in [2.05, 4.69) is 5.32 Å². The van der Waals surface area contributed by atoms with Gasteiger partial charge in [0.25, 0.3) is 0 Å². The third kappa shape index (κ3) is 2.25. The van der Waals surface area contributed by atoms with Crippen LogP contribution in [0, 0.1) is 0 Å². The minimum absolute atomic E-state index is 0.216. The Balaban J connectivity index is 2.18. The van der Waals surface area contributed by atoms with Crippen LogP contribution in [0.4, 0.5) is 0 Å². The zero-order valence-electron chi connectivity index (χ0n) is 6.34. The van der Waals surface area contributed by atoms with E-state index in [1.54, 1.807) is 0 Å². The zero-order valence-corrected chi connectivity index (χ0v) is 6.34. The molecule has 0 radical (unpaired) electrons. The molecule has 0 spiro atoms. The molecular formula is C7H15NO2. The van der Waals surface area contributed by atoms with Gasteiger partial charge >= 0.3 is 0 Å². The van der Waals surface area contributed by atoms with E-state index >= 15 is 0 Å². The Hall–Kier alpha value is -0.120. The van der Waals surface area contributed by atoms with Gasteiger partial charge in [-0.1, -0.05) is 0 Å². The van der Waals surface area contributed by atoms with Crippen LogP contribution in [0.15, 0.2) is 0 Å². The first-order chi connectivity index (χ1) is 4.83. The molecule has 0 aliphatic carbocycles. The summed E-state index contributed by atoms with van der Waals surface area (Å²) in [6, 6.07) is 0. The quantitative estimate of drug-likeness (QED) is 0.563. The molecule has 0 bridgehead atoms. The molecule has 1 fully saturated rings. The van der Waals surface area contributed by atoms with Crippen LogP contribution in [-0.4, -0.2) is 37.0 Å². The van der Waals surface area contributed by atoms with Crippen molar-refractivity contribution in [3.8, 4) is 0 Å². The Bertz CT molecular complexity index is 95.6. The molecule has 3 heteroatoms. The molecule has 1 aliphatic rings. The number of ether oxygens (including phenoxy) is 1. The summed E-state index contributed by atoms with van der Waals surface area (Å²) in [5.41, 5.74) is 0. The zero-order chi connectivity index (χ0) is 7.40. The van der Waals surface area contributed by atoms with E-state index in [1.165, 1.54) is 0 Å². The van der Waals surface area contributed by atoms with Gasteiger partial charge in [0.2, 0.25) is 0 Å². The Morgan fingerprint density at radius 1 is 1.60 bits per heavy atom. The van der Waals surface area contributed by atoms with Gasteiger partial charge in [0.1, 0.15) is 0 Å². The standard InChI is InChI=1S/C7H15NO2/c1-6-4-8-5-7(10-6)2-3-9/h6-9H,2-5H2,1H3. The molecule has 1 heterocycles. The lowest BCUT2D eigenvalue weighted by atomic mass is 10.2. The van der Waals surface area contributed by atoms with Gasteiger partial charge < -0.3 is 15.2 Å². The lowest BCUT2D eigenvalue weighted by molar-refractivity contribution is -0.0369. The molecule has 10 heavy (non-hydrogen) atoms. The minimum Gasteiger partial charge on any atom is -0.396 e. The summed E-state index contributed by atoms with van der Waals surface area (Å²) in [6.45, 7) is 4.07. The molecule has 2 atom stereocenters. The maximum atomic E-state index is 8.60. The molecule has 1 saturated heterocycles. The van der Waals surface area contributed by atoms with Crippen LogP contribution in [-0.2, 0) is 4.74 Å². The molecule has 0 aromatic carbocycles. The number of rotatable bonds is 2. The van der Waals surface area contributed by atoms with Crippen molar-refractivity contribution in [1.29, 1.82) is 0 Å². The average Bonchev–Trinajstić information content (AvgIpc) is 1.88. The van der Waals surface area contributed by atoms with E-state index in [4.69, 9.17) is 9.84 Å². The van der Waals surface area contributed by atoms with E-state index in [-0.39, 0.29) is 12.7 Å². The first kappa shape index (κ1) is 7.98. The summed E-state index contributed by atoms with van der Waals surface area (Å²) >= 11 is 0. The minimum atomic E-state index is 0.216. The lowest BCUT2D eigenvalue weighted by Crippen LogP contribution is -2.43. The molecule has 1 aliphatic heterocycles. The van der Waals surface area contributed by atoms with Crippen LogP contribution >= 0.6 is 0 Å². The molecule has 1 rings (SSSR count). The molecule has 60 valence electrons. The first-order valence-electron chi connectivity index (χ1n) is 3.80. The average molecular weight is 145 g/mol. The highest BCUT2D eigenvalue weighted by Crippen LogP contribution is 2.05. The van der Waals surface area contributed by atoms with Crippen molar-refractivity contribution in [2.24, 2.45) is 0 Å². The van der Waals surface area contributed by atoms with Crippen molar-refractivity contribution in [2.75, 3.05) is 19.7 Å². The van der Waals surface area contributed by atoms with Gasteiger partial charge in [0, 0.05) is 19.7 Å². The second kappa shape index (κ2) is 3.91. The van der Waals surface area contributed by atoms with Crippen molar-refractivity contribution >= 4 is 0 Å². The summed E-state index contributed by atoms with van der Waals surface area (Å²) in [7, 11) is 0. The highest BCUT2D eigenvalue weighted by molar-refractivity contribution is 4.70. The Morgan fingerprint density at radius 3 is 3.00 bits per heavy atom. The second-order valence-electron chi connectivity index (χ2n) is 2.74. The number of nitrogens with one attached hydrogen (secondary N) is 1. The van der Waals surface area contributed by atoms with Crippen molar-refractivity contribution in [3.05, 3.63) is 0 Å². The maximum absolute atomic E-state index is 8.60. The van der Waals surface area contributed by atoms with Gasteiger partial charge in [0.15, 0.2) is 0 Å². The van der Waals surface area contributed by atoms with Gasteiger partial charge in [0.05, 0.1) is 12.2 Å². The maximum Gasteiger partial charge on any atom is 0.0725 e. The number of hydrogen-bond acceptors (Lipinski definition) is 3.